The third kappa shape index (κ3) is 5.12. The Bertz CT molecular complexity index is 1080. The number of anilines is 3. The molecule has 0 unspecified atom stereocenters. The summed E-state index contributed by atoms with van der Waals surface area (Å²) >= 11 is 7.43. The number of carbonyl (C=O) groups is 2. The number of amides is 3. The van der Waals surface area contributed by atoms with Crippen molar-refractivity contribution in [1.82, 2.24) is 9.88 Å². The van der Waals surface area contributed by atoms with E-state index in [1.165, 1.54) is 24.3 Å². The Morgan fingerprint density at radius 1 is 1.00 bits per heavy atom. The Hall–Kier alpha value is -3.17. The summed E-state index contributed by atoms with van der Waals surface area (Å²) in [5.74, 6) is -0.566. The van der Waals surface area contributed by atoms with Crippen molar-refractivity contribution < 1.29 is 14.0 Å². The SMILES string of the molecule is O=C(Nc1ccc(F)cc1)Nc1nc(C(=O)N2CCN(c3ccccc3Cl)CC2)cs1. The third-order valence-electron chi connectivity index (χ3n) is 4.81. The lowest BCUT2D eigenvalue weighted by molar-refractivity contribution is 0.0741. The van der Waals surface area contributed by atoms with Gasteiger partial charge in [0.2, 0.25) is 0 Å². The van der Waals surface area contributed by atoms with Gasteiger partial charge in [0, 0.05) is 37.2 Å². The highest BCUT2D eigenvalue weighted by atomic mass is 35.5. The van der Waals surface area contributed by atoms with Crippen molar-refractivity contribution in [3.05, 3.63) is 70.4 Å². The van der Waals surface area contributed by atoms with Crippen molar-refractivity contribution in [2.75, 3.05) is 41.7 Å². The number of carbonyl (C=O) groups excluding carboxylic acids is 2. The van der Waals surface area contributed by atoms with E-state index in [1.54, 1.807) is 10.3 Å². The molecule has 0 spiro atoms. The van der Waals surface area contributed by atoms with Crippen molar-refractivity contribution in [2.24, 2.45) is 0 Å². The zero-order valence-corrected chi connectivity index (χ0v) is 17.9. The Balaban J connectivity index is 1.31. The minimum atomic E-state index is -0.520. The van der Waals surface area contributed by atoms with Gasteiger partial charge in [0.15, 0.2) is 5.13 Å². The highest BCUT2D eigenvalue weighted by Crippen LogP contribution is 2.26. The predicted octanol–water partition coefficient (Wildman–Crippen LogP) is 4.54. The lowest BCUT2D eigenvalue weighted by Crippen LogP contribution is -2.49. The van der Waals surface area contributed by atoms with Gasteiger partial charge in [-0.3, -0.25) is 10.1 Å². The summed E-state index contributed by atoms with van der Waals surface area (Å²) in [6.07, 6.45) is 0. The molecule has 4 rings (SSSR count). The zero-order chi connectivity index (χ0) is 21.8. The minimum Gasteiger partial charge on any atom is -0.367 e. The number of nitrogens with zero attached hydrogens (tertiary/aromatic N) is 3. The van der Waals surface area contributed by atoms with Crippen molar-refractivity contribution in [2.45, 2.75) is 0 Å². The topological polar surface area (TPSA) is 77.6 Å². The van der Waals surface area contributed by atoms with Crippen molar-refractivity contribution in [1.29, 1.82) is 0 Å². The number of para-hydroxylation sites is 1. The van der Waals surface area contributed by atoms with Crippen LogP contribution in [0.4, 0.5) is 25.7 Å². The van der Waals surface area contributed by atoms with E-state index in [2.05, 4.69) is 20.5 Å². The first-order chi connectivity index (χ1) is 15.0. The van der Waals surface area contributed by atoms with Crippen LogP contribution >= 0.6 is 22.9 Å². The molecule has 0 bridgehead atoms. The monoisotopic (exact) mass is 459 g/mol. The molecular weight excluding hydrogens is 441 g/mol. The molecule has 2 aromatic carbocycles. The maximum absolute atomic E-state index is 12.9. The molecule has 1 fully saturated rings. The van der Waals surface area contributed by atoms with E-state index in [9.17, 15) is 14.0 Å². The van der Waals surface area contributed by atoms with Gasteiger partial charge in [-0.2, -0.15) is 0 Å². The van der Waals surface area contributed by atoms with Gasteiger partial charge in [-0.1, -0.05) is 23.7 Å². The van der Waals surface area contributed by atoms with Crippen LogP contribution in [0.1, 0.15) is 10.5 Å². The molecule has 7 nitrogen and oxygen atoms in total. The van der Waals surface area contributed by atoms with Gasteiger partial charge in [0.1, 0.15) is 11.5 Å². The molecular formula is C21H19ClFN5O2S. The minimum absolute atomic E-state index is 0.179. The first kappa shape index (κ1) is 21.1. The summed E-state index contributed by atoms with van der Waals surface area (Å²) in [4.78, 5) is 33.0. The van der Waals surface area contributed by atoms with Crippen LogP contribution in [-0.4, -0.2) is 48.0 Å². The number of hydrogen-bond acceptors (Lipinski definition) is 5. The molecule has 10 heteroatoms. The molecule has 1 aliphatic rings. The molecule has 0 radical (unpaired) electrons. The van der Waals surface area contributed by atoms with E-state index in [0.717, 1.165) is 17.0 Å². The smallest absolute Gasteiger partial charge is 0.325 e. The summed E-state index contributed by atoms with van der Waals surface area (Å²) < 4.78 is 12.9. The zero-order valence-electron chi connectivity index (χ0n) is 16.3. The fraction of sp³-hybridized carbons (Fsp3) is 0.190. The van der Waals surface area contributed by atoms with Crippen LogP contribution in [0.15, 0.2) is 53.9 Å². The Labute approximate surface area is 187 Å². The highest BCUT2D eigenvalue weighted by Gasteiger charge is 2.25. The van der Waals surface area contributed by atoms with Gasteiger partial charge in [-0.05, 0) is 36.4 Å². The fourth-order valence-corrected chi connectivity index (χ4v) is 4.18. The summed E-state index contributed by atoms with van der Waals surface area (Å²) in [7, 11) is 0. The van der Waals surface area contributed by atoms with Crippen LogP contribution in [0, 0.1) is 5.82 Å². The maximum Gasteiger partial charge on any atom is 0.325 e. The molecule has 3 aromatic rings. The number of hydrogen-bond donors (Lipinski definition) is 2. The van der Waals surface area contributed by atoms with Crippen LogP contribution in [0.5, 0.6) is 0 Å². The molecule has 160 valence electrons. The molecule has 1 aliphatic heterocycles. The molecule has 2 N–H and O–H groups in total. The first-order valence-corrected chi connectivity index (χ1v) is 10.8. The van der Waals surface area contributed by atoms with E-state index < -0.39 is 6.03 Å². The van der Waals surface area contributed by atoms with Crippen molar-refractivity contribution in [3.63, 3.8) is 0 Å². The maximum atomic E-state index is 12.9. The van der Waals surface area contributed by atoms with E-state index in [0.29, 0.717) is 42.0 Å². The number of benzene rings is 2. The largest absolute Gasteiger partial charge is 0.367 e. The number of aromatic nitrogens is 1. The summed E-state index contributed by atoms with van der Waals surface area (Å²) in [5.41, 5.74) is 1.69. The second-order valence-electron chi connectivity index (χ2n) is 6.85. The van der Waals surface area contributed by atoms with Crippen LogP contribution in [0.3, 0.4) is 0 Å². The number of urea groups is 1. The quantitative estimate of drug-likeness (QED) is 0.600. The standard InChI is InChI=1S/C21H19ClFN5O2S/c22-16-3-1-2-4-18(16)27-9-11-28(12-10-27)19(29)17-13-31-21(25-17)26-20(30)24-15-7-5-14(23)6-8-15/h1-8,13H,9-12H2,(H2,24,25,26,30). The van der Waals surface area contributed by atoms with Crippen LogP contribution in [0.2, 0.25) is 5.02 Å². The molecule has 0 saturated carbocycles. The number of nitrogens with one attached hydrogen (secondary N) is 2. The average molecular weight is 460 g/mol. The Kier molecular flexibility index (Phi) is 6.34. The molecule has 3 amide bonds. The van der Waals surface area contributed by atoms with Gasteiger partial charge >= 0.3 is 6.03 Å². The van der Waals surface area contributed by atoms with Gasteiger partial charge in [0.05, 0.1) is 10.7 Å². The molecule has 0 atom stereocenters. The van der Waals surface area contributed by atoms with E-state index in [1.807, 2.05) is 24.3 Å². The molecule has 1 saturated heterocycles. The van der Waals surface area contributed by atoms with Gasteiger partial charge < -0.3 is 15.1 Å². The number of piperazine rings is 1. The van der Waals surface area contributed by atoms with E-state index >= 15 is 0 Å². The second kappa shape index (κ2) is 9.32. The van der Waals surface area contributed by atoms with Crippen LogP contribution < -0.4 is 15.5 Å². The normalized spacial score (nSPS) is 13.7. The molecule has 1 aromatic heterocycles. The second-order valence-corrected chi connectivity index (χ2v) is 8.12. The summed E-state index contributed by atoms with van der Waals surface area (Å²) in [6.45, 7) is 2.44. The average Bonchev–Trinajstić information content (AvgIpc) is 3.23. The van der Waals surface area contributed by atoms with Crippen LogP contribution in [-0.2, 0) is 0 Å². The summed E-state index contributed by atoms with van der Waals surface area (Å²) in [5, 5.41) is 7.79. The number of thiazole rings is 1. The lowest BCUT2D eigenvalue weighted by Gasteiger charge is -2.36. The molecule has 31 heavy (non-hydrogen) atoms. The van der Waals surface area contributed by atoms with Gasteiger partial charge in [-0.25, -0.2) is 14.2 Å². The predicted molar refractivity (Wildman–Crippen MR) is 121 cm³/mol. The molecule has 0 aliphatic carbocycles. The Morgan fingerprint density at radius 3 is 2.42 bits per heavy atom. The third-order valence-corrected chi connectivity index (χ3v) is 5.88. The van der Waals surface area contributed by atoms with Crippen LogP contribution in [0.25, 0.3) is 0 Å². The molecule has 2 heterocycles. The lowest BCUT2D eigenvalue weighted by atomic mass is 10.2. The highest BCUT2D eigenvalue weighted by molar-refractivity contribution is 7.14. The summed E-state index contributed by atoms with van der Waals surface area (Å²) in [6, 6.07) is 12.5. The van der Waals surface area contributed by atoms with E-state index in [-0.39, 0.29) is 17.4 Å². The number of halogens is 2. The van der Waals surface area contributed by atoms with Gasteiger partial charge in [-0.15, -0.1) is 11.3 Å². The fourth-order valence-electron chi connectivity index (χ4n) is 3.24. The van der Waals surface area contributed by atoms with Gasteiger partial charge in [0.25, 0.3) is 5.91 Å². The van der Waals surface area contributed by atoms with E-state index in [4.69, 9.17) is 11.6 Å². The Morgan fingerprint density at radius 2 is 1.71 bits per heavy atom. The van der Waals surface area contributed by atoms with Crippen molar-refractivity contribution >= 4 is 51.4 Å². The van der Waals surface area contributed by atoms with Crippen molar-refractivity contribution in [3.8, 4) is 0 Å². The number of rotatable bonds is 4. The first-order valence-electron chi connectivity index (χ1n) is 9.57.